The Hall–Kier alpha value is -7.42. The van der Waals surface area contributed by atoms with Gasteiger partial charge in [-0.25, -0.2) is 28.5 Å². The third kappa shape index (κ3) is 5.93. The summed E-state index contributed by atoms with van der Waals surface area (Å²) in [7, 11) is 4.61. The maximum Gasteiger partial charge on any atom is 0.347 e. The molecule has 2 amide bonds. The Morgan fingerprint density at radius 1 is 0.935 bits per heavy atom. The summed E-state index contributed by atoms with van der Waals surface area (Å²) in [5.41, 5.74) is 4.69. The van der Waals surface area contributed by atoms with Gasteiger partial charge in [-0.3, -0.25) is 19.8 Å². The molecule has 6 aromatic rings. The summed E-state index contributed by atoms with van der Waals surface area (Å²) >= 11 is 0. The van der Waals surface area contributed by atoms with Crippen molar-refractivity contribution in [1.82, 2.24) is 28.5 Å². The molecule has 15 heteroatoms. The standard InChI is InChI=1S/C47H45N7O8/c1-6-11-28-12-10-15-32(41(28)55)40-31-20-23-52-45(59)51(22-21-34-43(57)50(3)37-26-39(62-5)38(61-4)25-35(37)48-34)46(60)54(52)36(31)24-33-42(56)53(49-30-18-16-27(2)17-19-30)44(58)47(33,40)29-13-8-7-9-14-29/h6-10,12-20,25-26,33,36,40,49,55H,1,11,21-24H2,2-5H3/t33-,36+,40+,47+/m0/s1. The number of benzene rings is 4. The fourth-order valence-corrected chi connectivity index (χ4v) is 9.85. The number of hydrogen-bond donors (Lipinski definition) is 2. The van der Waals surface area contributed by atoms with Crippen LogP contribution in [-0.2, 0) is 48.0 Å². The Morgan fingerprint density at radius 3 is 2.37 bits per heavy atom. The Labute approximate surface area is 355 Å². The second-order valence-corrected chi connectivity index (χ2v) is 16.0. The lowest BCUT2D eigenvalue weighted by atomic mass is 9.53. The molecule has 4 heterocycles. The van der Waals surface area contributed by atoms with Crippen molar-refractivity contribution in [3.8, 4) is 17.2 Å². The van der Waals surface area contributed by atoms with Crippen LogP contribution in [0.4, 0.5) is 5.69 Å². The fourth-order valence-electron chi connectivity index (χ4n) is 9.85. The number of hydrazine groups is 1. The number of carbonyl (C=O) groups is 2. The molecule has 316 valence electrons. The number of ether oxygens (including phenoxy) is 2. The van der Waals surface area contributed by atoms with Gasteiger partial charge in [0.25, 0.3) is 17.4 Å². The van der Waals surface area contributed by atoms with Crippen LogP contribution >= 0.6 is 0 Å². The smallest absolute Gasteiger partial charge is 0.347 e. The van der Waals surface area contributed by atoms with Gasteiger partial charge in [0.15, 0.2) is 11.5 Å². The number of aromatic nitrogens is 5. The lowest BCUT2D eigenvalue weighted by Crippen LogP contribution is -2.53. The van der Waals surface area contributed by atoms with E-state index in [-0.39, 0.29) is 37.4 Å². The highest BCUT2D eigenvalue weighted by Gasteiger charge is 2.69. The Kier molecular flexibility index (Phi) is 9.84. The van der Waals surface area contributed by atoms with Crippen LogP contribution in [0.5, 0.6) is 17.2 Å². The number of anilines is 1. The molecule has 2 aromatic heterocycles. The van der Waals surface area contributed by atoms with Crippen LogP contribution in [0.15, 0.2) is 124 Å². The molecule has 0 spiro atoms. The largest absolute Gasteiger partial charge is 0.507 e. The minimum absolute atomic E-state index is 0.0115. The normalized spacial score (nSPS) is 20.4. The van der Waals surface area contributed by atoms with E-state index in [1.807, 2.05) is 55.5 Å². The van der Waals surface area contributed by atoms with E-state index >= 15 is 4.79 Å². The number of amides is 2. The number of aryl methyl sites for hydroxylation is 3. The Balaban J connectivity index is 1.18. The third-order valence-electron chi connectivity index (χ3n) is 12.8. The minimum atomic E-state index is -1.58. The zero-order valence-electron chi connectivity index (χ0n) is 34.7. The molecule has 0 unspecified atom stereocenters. The second kappa shape index (κ2) is 15.2. The number of imide groups is 1. The predicted molar refractivity (Wildman–Crippen MR) is 231 cm³/mol. The van der Waals surface area contributed by atoms with Crippen molar-refractivity contribution in [3.63, 3.8) is 0 Å². The highest BCUT2D eigenvalue weighted by atomic mass is 16.5. The van der Waals surface area contributed by atoms with Crippen molar-refractivity contribution in [2.24, 2.45) is 13.0 Å². The minimum Gasteiger partial charge on any atom is -0.507 e. The van der Waals surface area contributed by atoms with Gasteiger partial charge in [0.05, 0.1) is 54.9 Å². The Bertz CT molecular complexity index is 3030. The number of phenols is 1. The molecule has 0 bridgehead atoms. The summed E-state index contributed by atoms with van der Waals surface area (Å²) in [4.78, 5) is 77.6. The van der Waals surface area contributed by atoms with Crippen molar-refractivity contribution >= 4 is 28.5 Å². The molecule has 4 aromatic carbocycles. The van der Waals surface area contributed by atoms with Gasteiger partial charge < -0.3 is 19.1 Å². The van der Waals surface area contributed by atoms with Crippen LogP contribution in [0.1, 0.15) is 46.3 Å². The molecule has 3 aliphatic rings. The first-order chi connectivity index (χ1) is 29.9. The number of allylic oxidation sites excluding steroid dienone is 3. The highest BCUT2D eigenvalue weighted by molar-refractivity contribution is 6.12. The Morgan fingerprint density at radius 2 is 1.66 bits per heavy atom. The van der Waals surface area contributed by atoms with Crippen molar-refractivity contribution in [2.45, 2.75) is 56.7 Å². The van der Waals surface area contributed by atoms with Crippen LogP contribution in [-0.4, -0.2) is 59.6 Å². The van der Waals surface area contributed by atoms with Crippen molar-refractivity contribution in [3.05, 3.63) is 169 Å². The monoisotopic (exact) mass is 835 g/mol. The number of para-hydroxylation sites is 1. The molecule has 15 nitrogen and oxygen atoms in total. The van der Waals surface area contributed by atoms with Crippen LogP contribution in [0.25, 0.3) is 11.0 Å². The van der Waals surface area contributed by atoms with Crippen molar-refractivity contribution in [1.29, 1.82) is 0 Å². The first-order valence-corrected chi connectivity index (χ1v) is 20.4. The van der Waals surface area contributed by atoms with Crippen LogP contribution in [0, 0.1) is 12.8 Å². The lowest BCUT2D eigenvalue weighted by molar-refractivity contribution is -0.138. The maximum atomic E-state index is 15.5. The number of rotatable bonds is 11. The lowest BCUT2D eigenvalue weighted by Gasteiger charge is -2.49. The highest BCUT2D eigenvalue weighted by Crippen LogP contribution is 2.63. The predicted octanol–water partition coefficient (Wildman–Crippen LogP) is 4.68. The summed E-state index contributed by atoms with van der Waals surface area (Å²) < 4.78 is 16.1. The number of carbonyl (C=O) groups excluding carboxylic acids is 2. The number of phenolic OH excluding ortho intramolecular Hbond substituents is 1. The first kappa shape index (κ1) is 40.0. The van der Waals surface area contributed by atoms with Gasteiger partial charge >= 0.3 is 11.4 Å². The van der Waals surface area contributed by atoms with E-state index in [1.54, 1.807) is 55.6 Å². The molecule has 1 aliphatic carbocycles. The summed E-state index contributed by atoms with van der Waals surface area (Å²) in [6.07, 6.45) is 3.80. The number of fused-ring (bicyclic) bond motifs is 5. The summed E-state index contributed by atoms with van der Waals surface area (Å²) in [5, 5.41) is 13.2. The third-order valence-corrected chi connectivity index (χ3v) is 12.8. The van der Waals surface area contributed by atoms with Crippen molar-refractivity contribution in [2.75, 3.05) is 19.6 Å². The zero-order chi connectivity index (χ0) is 43.6. The summed E-state index contributed by atoms with van der Waals surface area (Å²) in [6.45, 7) is 5.62. The van der Waals surface area contributed by atoms with E-state index in [0.717, 1.165) is 15.1 Å². The number of nitrogens with zero attached hydrogens (tertiary/aromatic N) is 6. The van der Waals surface area contributed by atoms with Gasteiger partial charge in [-0.2, -0.15) is 5.01 Å². The van der Waals surface area contributed by atoms with E-state index in [1.165, 1.54) is 28.2 Å². The molecular formula is C47H45N7O8. The molecule has 1 saturated carbocycles. The van der Waals surface area contributed by atoms with E-state index < -0.39 is 52.0 Å². The number of hydrogen-bond acceptors (Lipinski definition) is 10. The van der Waals surface area contributed by atoms with Crippen LogP contribution < -0.4 is 31.8 Å². The van der Waals surface area contributed by atoms with Gasteiger partial charge in [-0.1, -0.05) is 78.4 Å². The molecule has 9 rings (SSSR count). The average Bonchev–Trinajstić information content (AvgIpc) is 3.65. The molecule has 0 radical (unpaired) electrons. The van der Waals surface area contributed by atoms with E-state index in [4.69, 9.17) is 9.47 Å². The first-order valence-electron chi connectivity index (χ1n) is 20.4. The quantitative estimate of drug-likeness (QED) is 0.138. The SMILES string of the molecule is C=CCc1cccc([C@H]2C3=CCn4c(=O)n(CCc5nc6cc(OC)c(OC)cc6n(C)c5=O)c(=O)n4[C@@H]3C[C@H]3C(=O)N(Nc4ccc(C)cc4)C(=O)[C@@]23c2ccccc2)c1O. The van der Waals surface area contributed by atoms with Gasteiger partial charge in [0, 0.05) is 43.6 Å². The second-order valence-electron chi connectivity index (χ2n) is 16.0. The topological polar surface area (TPSA) is 172 Å². The van der Waals surface area contributed by atoms with Gasteiger partial charge in [-0.05, 0) is 48.6 Å². The van der Waals surface area contributed by atoms with Crippen LogP contribution in [0.2, 0.25) is 0 Å². The molecule has 1 saturated heterocycles. The summed E-state index contributed by atoms with van der Waals surface area (Å²) in [5.74, 6) is -2.22. The molecule has 2 aliphatic heterocycles. The zero-order valence-corrected chi connectivity index (χ0v) is 34.7. The van der Waals surface area contributed by atoms with Gasteiger partial charge in [0.2, 0.25) is 0 Å². The maximum absolute atomic E-state index is 15.5. The van der Waals surface area contributed by atoms with E-state index in [2.05, 4.69) is 17.0 Å². The molecular weight excluding hydrogens is 791 g/mol. The number of methoxy groups -OCH3 is 2. The van der Waals surface area contributed by atoms with Gasteiger partial charge in [0.1, 0.15) is 11.4 Å². The van der Waals surface area contributed by atoms with Crippen molar-refractivity contribution < 1.29 is 24.2 Å². The average molecular weight is 836 g/mol. The van der Waals surface area contributed by atoms with Crippen LogP contribution in [0.3, 0.4) is 0 Å². The molecule has 2 N–H and O–H groups in total. The van der Waals surface area contributed by atoms with E-state index in [9.17, 15) is 24.3 Å². The molecule has 2 fully saturated rings. The van der Waals surface area contributed by atoms with E-state index in [0.29, 0.717) is 56.9 Å². The fraction of sp³-hybridized carbons (Fsp3) is 0.277. The van der Waals surface area contributed by atoms with Gasteiger partial charge in [-0.15, -0.1) is 6.58 Å². The summed E-state index contributed by atoms with van der Waals surface area (Å²) in [6, 6.07) is 24.2. The molecule has 62 heavy (non-hydrogen) atoms. The molecule has 4 atom stereocenters. The number of nitrogens with one attached hydrogen (secondary N) is 1. The number of aromatic hydroxyl groups is 1.